The molecule has 0 aliphatic heterocycles. The zero-order valence-corrected chi connectivity index (χ0v) is 45.5. The molecule has 83 heavy (non-hydrogen) atoms. The van der Waals surface area contributed by atoms with Crippen LogP contribution < -0.4 is 0 Å². The Kier molecular flexibility index (Phi) is 11.2. The molecule has 0 amide bonds. The fourth-order valence-electron chi connectivity index (χ4n) is 12.5. The standard InChI is InChI=1S/C76H50N6O/c1-47-32-42-67-61(44-47)56-23-11-14-28-65(56)81(67)53-38-34-49(35-39-53)64-46-63(55-22-9-10-25-58(55)76-79-74(51-18-5-3-6-19-51)78-75(80-76)52-20-7-4-8-21-52)72(60-27-17-31-70-71(60)59-26-13-16-30-69(59)83-70)73(77-64)50-36-40-54(41-37-50)82-66-29-15-12-24-57(66)62-45-48(2)33-43-68(62)82/h3-46H,1-2H3. The summed E-state index contributed by atoms with van der Waals surface area (Å²) in [5, 5.41) is 6.95. The minimum atomic E-state index is 0.558. The summed E-state index contributed by atoms with van der Waals surface area (Å²) in [6.07, 6.45) is 0. The summed E-state index contributed by atoms with van der Waals surface area (Å²) in [4.78, 5) is 21.7. The molecule has 0 saturated carbocycles. The van der Waals surface area contributed by atoms with E-state index in [0.29, 0.717) is 17.5 Å². The SMILES string of the molecule is Cc1ccc2c(c1)c1ccccc1n2-c1ccc(-c2cc(-c3ccccc3-c3nc(-c4ccccc4)nc(-c4ccccc4)n3)c(-c3cccc4oc5ccccc5c34)c(-c3ccc(-n4c5ccccc5c5cc(C)ccc54)cc3)n2)cc1. The van der Waals surface area contributed by atoms with Gasteiger partial charge in [-0.3, -0.25) is 0 Å². The molecule has 7 heteroatoms. The van der Waals surface area contributed by atoms with Gasteiger partial charge in [0.25, 0.3) is 0 Å². The summed E-state index contributed by atoms with van der Waals surface area (Å²) in [6, 6.07) is 94.5. The number of fused-ring (bicyclic) bond motifs is 9. The van der Waals surface area contributed by atoms with Crippen LogP contribution in [0.2, 0.25) is 0 Å². The molecule has 0 N–H and O–H groups in total. The van der Waals surface area contributed by atoms with E-state index in [1.165, 1.54) is 32.7 Å². The van der Waals surface area contributed by atoms with Gasteiger partial charge in [0.1, 0.15) is 11.2 Å². The van der Waals surface area contributed by atoms with Gasteiger partial charge in [-0.15, -0.1) is 0 Å². The molecule has 0 fully saturated rings. The van der Waals surface area contributed by atoms with Crippen LogP contribution in [0.15, 0.2) is 271 Å². The maximum absolute atomic E-state index is 6.69. The number of furan rings is 1. The molecule has 0 aliphatic carbocycles. The Morgan fingerprint density at radius 2 is 0.771 bits per heavy atom. The van der Waals surface area contributed by atoms with Crippen LogP contribution in [0.4, 0.5) is 0 Å². The Hall–Kier alpha value is -11.0. The number of rotatable bonds is 9. The number of aromatic nitrogens is 6. The van der Waals surface area contributed by atoms with E-state index in [1.807, 2.05) is 48.5 Å². The third-order valence-corrected chi connectivity index (χ3v) is 16.3. The monoisotopic (exact) mass is 1060 g/mol. The molecule has 0 unspecified atom stereocenters. The Morgan fingerprint density at radius 3 is 1.37 bits per heavy atom. The molecule has 0 aliphatic rings. The molecule has 16 rings (SSSR count). The van der Waals surface area contributed by atoms with E-state index in [0.717, 1.165) is 117 Å². The number of pyridine rings is 1. The quantitative estimate of drug-likeness (QED) is 0.144. The highest BCUT2D eigenvalue weighted by Gasteiger charge is 2.26. The summed E-state index contributed by atoms with van der Waals surface area (Å²) in [5.74, 6) is 1.74. The lowest BCUT2D eigenvalue weighted by Gasteiger charge is -2.21. The topological polar surface area (TPSA) is 74.6 Å². The molecule has 0 radical (unpaired) electrons. The summed E-state index contributed by atoms with van der Waals surface area (Å²) < 4.78 is 11.4. The highest BCUT2D eigenvalue weighted by molar-refractivity contribution is 6.16. The molecule has 5 aromatic heterocycles. The third kappa shape index (κ3) is 8.04. The van der Waals surface area contributed by atoms with Crippen molar-refractivity contribution >= 4 is 65.6 Å². The van der Waals surface area contributed by atoms with Gasteiger partial charge in [0.2, 0.25) is 0 Å². The maximum atomic E-state index is 6.69. The van der Waals surface area contributed by atoms with Crippen molar-refractivity contribution < 1.29 is 4.42 Å². The first-order chi connectivity index (χ1) is 41.0. The molecule has 7 nitrogen and oxygen atoms in total. The van der Waals surface area contributed by atoms with Crippen LogP contribution in [-0.4, -0.2) is 29.1 Å². The predicted octanol–water partition coefficient (Wildman–Crippen LogP) is 19.6. The maximum Gasteiger partial charge on any atom is 0.164 e. The molecule has 0 bridgehead atoms. The van der Waals surface area contributed by atoms with Gasteiger partial charge in [0.05, 0.1) is 33.5 Å². The molecular weight excluding hydrogens is 1010 g/mol. The number of hydrogen-bond donors (Lipinski definition) is 0. The van der Waals surface area contributed by atoms with Gasteiger partial charge in [0, 0.05) is 77.1 Å². The van der Waals surface area contributed by atoms with Crippen molar-refractivity contribution in [1.82, 2.24) is 29.1 Å². The smallest absolute Gasteiger partial charge is 0.164 e. The van der Waals surface area contributed by atoms with E-state index in [1.54, 1.807) is 0 Å². The number of benzene rings is 11. The molecule has 11 aromatic carbocycles. The Labute approximate surface area is 478 Å². The van der Waals surface area contributed by atoms with Gasteiger partial charge in [-0.1, -0.05) is 199 Å². The van der Waals surface area contributed by atoms with Crippen LogP contribution in [-0.2, 0) is 0 Å². The van der Waals surface area contributed by atoms with Crippen LogP contribution in [0.3, 0.4) is 0 Å². The Balaban J connectivity index is 0.971. The predicted molar refractivity (Wildman–Crippen MR) is 341 cm³/mol. The summed E-state index contributed by atoms with van der Waals surface area (Å²) >= 11 is 0. The van der Waals surface area contributed by atoms with Gasteiger partial charge in [0.15, 0.2) is 17.5 Å². The second-order valence-electron chi connectivity index (χ2n) is 21.5. The van der Waals surface area contributed by atoms with Crippen LogP contribution >= 0.6 is 0 Å². The average Bonchev–Trinajstić information content (AvgIpc) is 3.95. The second kappa shape index (κ2) is 19.4. The van der Waals surface area contributed by atoms with Gasteiger partial charge in [-0.25, -0.2) is 19.9 Å². The van der Waals surface area contributed by atoms with Crippen molar-refractivity contribution in [3.8, 4) is 90.3 Å². The van der Waals surface area contributed by atoms with E-state index in [9.17, 15) is 0 Å². The Morgan fingerprint density at radius 1 is 0.301 bits per heavy atom. The van der Waals surface area contributed by atoms with Crippen LogP contribution in [0.25, 0.3) is 156 Å². The molecule has 5 heterocycles. The first-order valence-electron chi connectivity index (χ1n) is 28.1. The normalized spacial score (nSPS) is 11.7. The summed E-state index contributed by atoms with van der Waals surface area (Å²) in [7, 11) is 0. The lowest BCUT2D eigenvalue weighted by Crippen LogP contribution is -2.02. The highest BCUT2D eigenvalue weighted by atomic mass is 16.3. The van der Waals surface area contributed by atoms with Crippen molar-refractivity contribution in [2.75, 3.05) is 0 Å². The number of aryl methyl sites for hydroxylation is 2. The highest BCUT2D eigenvalue weighted by Crippen LogP contribution is 2.48. The van der Waals surface area contributed by atoms with Gasteiger partial charge in [-0.05, 0) is 109 Å². The minimum Gasteiger partial charge on any atom is -0.456 e. The van der Waals surface area contributed by atoms with E-state index in [-0.39, 0.29) is 0 Å². The average molecular weight is 1060 g/mol. The Bertz CT molecular complexity index is 5150. The fraction of sp³-hybridized carbons (Fsp3) is 0.0263. The van der Waals surface area contributed by atoms with Crippen molar-refractivity contribution in [3.63, 3.8) is 0 Å². The fourth-order valence-corrected chi connectivity index (χ4v) is 12.5. The van der Waals surface area contributed by atoms with Crippen LogP contribution in [0, 0.1) is 13.8 Å². The van der Waals surface area contributed by atoms with Crippen LogP contribution in [0.5, 0.6) is 0 Å². The summed E-state index contributed by atoms with van der Waals surface area (Å²) in [5.41, 5.74) is 20.9. The molecule has 0 saturated heterocycles. The molecule has 16 aromatic rings. The largest absolute Gasteiger partial charge is 0.456 e. The van der Waals surface area contributed by atoms with Crippen molar-refractivity contribution in [2.24, 2.45) is 0 Å². The minimum absolute atomic E-state index is 0.558. The first kappa shape index (κ1) is 47.9. The zero-order valence-electron chi connectivity index (χ0n) is 45.5. The number of nitrogens with zero attached hydrogens (tertiary/aromatic N) is 6. The number of hydrogen-bond acceptors (Lipinski definition) is 5. The van der Waals surface area contributed by atoms with E-state index in [2.05, 4.69) is 241 Å². The molecule has 390 valence electrons. The van der Waals surface area contributed by atoms with Gasteiger partial charge >= 0.3 is 0 Å². The van der Waals surface area contributed by atoms with Crippen LogP contribution in [0.1, 0.15) is 11.1 Å². The lowest BCUT2D eigenvalue weighted by molar-refractivity contribution is 0.669. The molecule has 0 spiro atoms. The van der Waals surface area contributed by atoms with E-state index >= 15 is 0 Å². The number of para-hydroxylation sites is 3. The molecular formula is C76H50N6O. The summed E-state index contributed by atoms with van der Waals surface area (Å²) in [6.45, 7) is 4.32. The van der Waals surface area contributed by atoms with Crippen molar-refractivity contribution in [1.29, 1.82) is 0 Å². The van der Waals surface area contributed by atoms with E-state index < -0.39 is 0 Å². The lowest BCUT2D eigenvalue weighted by atomic mass is 9.86. The third-order valence-electron chi connectivity index (χ3n) is 16.3. The second-order valence-corrected chi connectivity index (χ2v) is 21.5. The first-order valence-corrected chi connectivity index (χ1v) is 28.1. The van der Waals surface area contributed by atoms with Crippen molar-refractivity contribution in [2.45, 2.75) is 13.8 Å². The van der Waals surface area contributed by atoms with E-state index in [4.69, 9.17) is 24.4 Å². The molecule has 0 atom stereocenters. The van der Waals surface area contributed by atoms with Crippen molar-refractivity contribution in [3.05, 3.63) is 278 Å². The van der Waals surface area contributed by atoms with Gasteiger partial charge < -0.3 is 13.6 Å². The zero-order chi connectivity index (χ0) is 55.1. The van der Waals surface area contributed by atoms with Gasteiger partial charge in [-0.2, -0.15) is 0 Å².